The van der Waals surface area contributed by atoms with Gasteiger partial charge in [0.2, 0.25) is 0 Å². The zero-order valence-electron chi connectivity index (χ0n) is 9.45. The van der Waals surface area contributed by atoms with Gasteiger partial charge in [-0.1, -0.05) is 56.8 Å². The molecule has 1 nitrogen and oxygen atoms in total. The molecule has 0 saturated heterocycles. The minimum absolute atomic E-state index is 0.121. The summed E-state index contributed by atoms with van der Waals surface area (Å²) in [6.07, 6.45) is 0. The summed E-state index contributed by atoms with van der Waals surface area (Å²) in [6.45, 7) is 7.97. The lowest BCUT2D eigenvalue weighted by molar-refractivity contribution is 0.101. The highest BCUT2D eigenvalue weighted by Gasteiger charge is 1.92. The molecule has 0 aliphatic heterocycles. The maximum Gasteiger partial charge on any atom is 0.159 e. The Morgan fingerprint density at radius 1 is 1.21 bits per heavy atom. The molecule has 1 radical (unpaired) electrons. The average Bonchev–Trinajstić information content (AvgIpc) is 2.20. The molecule has 75 valence electrons. The van der Waals surface area contributed by atoms with E-state index in [1.165, 1.54) is 0 Å². The van der Waals surface area contributed by atoms with Crippen LogP contribution in [-0.2, 0) is 0 Å². The van der Waals surface area contributed by atoms with Crippen LogP contribution in [-0.4, -0.2) is 13.1 Å². The molecule has 0 atom stereocenters. The lowest BCUT2D eigenvalue weighted by Gasteiger charge is -1.89. The van der Waals surface area contributed by atoms with E-state index in [-0.39, 0.29) is 5.78 Å². The van der Waals surface area contributed by atoms with E-state index >= 15 is 0 Å². The van der Waals surface area contributed by atoms with Gasteiger partial charge in [0, 0.05) is 5.56 Å². The zero-order chi connectivity index (χ0) is 11.0. The van der Waals surface area contributed by atoms with Crippen LogP contribution in [0.3, 0.4) is 0 Å². The highest BCUT2D eigenvalue weighted by molar-refractivity contribution is 6.35. The van der Waals surface area contributed by atoms with Gasteiger partial charge in [-0.3, -0.25) is 4.79 Å². The van der Waals surface area contributed by atoms with Gasteiger partial charge in [-0.2, -0.15) is 0 Å². The second kappa shape index (κ2) is 7.37. The highest BCUT2D eigenvalue weighted by Crippen LogP contribution is 1.97. The molecule has 0 fully saturated rings. The Morgan fingerprint density at radius 2 is 1.64 bits per heavy atom. The average molecular weight is 189 g/mol. The summed E-state index contributed by atoms with van der Waals surface area (Å²) >= 11 is 0. The third-order valence-corrected chi connectivity index (χ3v) is 1.85. The molecule has 0 aromatic heterocycles. The van der Waals surface area contributed by atoms with Gasteiger partial charge in [0.25, 0.3) is 0 Å². The molecule has 0 bridgehead atoms. The number of hydrogen-bond acceptors (Lipinski definition) is 1. The van der Waals surface area contributed by atoms with Crippen molar-refractivity contribution in [2.24, 2.45) is 0 Å². The van der Waals surface area contributed by atoms with E-state index in [2.05, 4.69) is 28.0 Å². The van der Waals surface area contributed by atoms with Crippen LogP contribution in [0.25, 0.3) is 0 Å². The molecule has 0 spiro atoms. The maximum absolute atomic E-state index is 10.6. The second-order valence-corrected chi connectivity index (χ2v) is 3.50. The Kier molecular flexibility index (Phi) is 6.82. The molecule has 0 heterocycles. The Morgan fingerprint density at radius 3 is 1.86 bits per heavy atom. The summed E-state index contributed by atoms with van der Waals surface area (Å²) in [5, 5.41) is 0. The molecule has 0 aliphatic carbocycles. The molecule has 0 aliphatic rings. The van der Waals surface area contributed by atoms with Crippen LogP contribution in [0, 0.1) is 0 Å². The van der Waals surface area contributed by atoms with Crippen LogP contribution in [0.15, 0.2) is 30.3 Å². The second-order valence-electron chi connectivity index (χ2n) is 3.50. The van der Waals surface area contributed by atoms with E-state index in [9.17, 15) is 4.79 Å². The SMILES string of the molecule is CC(=O)c1ccccc1.C[B]C(C)C. The minimum atomic E-state index is 0.121. The first-order valence-electron chi connectivity index (χ1n) is 4.93. The quantitative estimate of drug-likeness (QED) is 0.514. The fraction of sp³-hybridized carbons (Fsp3) is 0.417. The van der Waals surface area contributed by atoms with Crippen molar-refractivity contribution in [3.63, 3.8) is 0 Å². The van der Waals surface area contributed by atoms with E-state index in [0.717, 1.165) is 11.4 Å². The Balaban J connectivity index is 0.000000292. The van der Waals surface area contributed by atoms with Crippen LogP contribution >= 0.6 is 0 Å². The van der Waals surface area contributed by atoms with Crippen LogP contribution < -0.4 is 0 Å². The monoisotopic (exact) mass is 189 g/mol. The molecule has 1 rings (SSSR count). The Bertz CT molecular complexity index is 254. The van der Waals surface area contributed by atoms with Gasteiger partial charge in [-0.25, -0.2) is 0 Å². The van der Waals surface area contributed by atoms with Crippen molar-refractivity contribution in [1.82, 2.24) is 0 Å². The van der Waals surface area contributed by atoms with E-state index < -0.39 is 0 Å². The summed E-state index contributed by atoms with van der Waals surface area (Å²) in [5.74, 6) is 0.880. The fourth-order valence-electron chi connectivity index (χ4n) is 0.673. The van der Waals surface area contributed by atoms with Crippen molar-refractivity contribution >= 4 is 13.1 Å². The molecule has 1 aromatic rings. The van der Waals surface area contributed by atoms with Gasteiger partial charge < -0.3 is 0 Å². The number of ketones is 1. The molecule has 0 unspecified atom stereocenters. The first kappa shape index (κ1) is 13.0. The van der Waals surface area contributed by atoms with Crippen LogP contribution in [0.5, 0.6) is 0 Å². The van der Waals surface area contributed by atoms with Crippen molar-refractivity contribution in [1.29, 1.82) is 0 Å². The van der Waals surface area contributed by atoms with Gasteiger partial charge in [0.15, 0.2) is 5.78 Å². The van der Waals surface area contributed by atoms with Crippen LogP contribution in [0.4, 0.5) is 0 Å². The van der Waals surface area contributed by atoms with Crippen molar-refractivity contribution in [3.05, 3.63) is 35.9 Å². The van der Waals surface area contributed by atoms with E-state index in [0.29, 0.717) is 0 Å². The third-order valence-electron chi connectivity index (χ3n) is 1.85. The molecule has 0 saturated carbocycles. The first-order valence-corrected chi connectivity index (χ1v) is 4.93. The van der Waals surface area contributed by atoms with Crippen LogP contribution in [0.2, 0.25) is 12.6 Å². The largest absolute Gasteiger partial charge is 0.295 e. The van der Waals surface area contributed by atoms with Crippen molar-refractivity contribution in [3.8, 4) is 0 Å². The normalized spacial score (nSPS) is 8.93. The molecular formula is C12H18BO. The summed E-state index contributed by atoms with van der Waals surface area (Å²) in [4.78, 5) is 10.6. The number of benzene rings is 1. The standard InChI is InChI=1S/C8H8O.C4H10B/c1-7(9)8-5-3-2-4-6-8;1-4(2)5-3/h2-6H,1H3;4H,1-3H3. The summed E-state index contributed by atoms with van der Waals surface area (Å²) in [5.41, 5.74) is 0.775. The zero-order valence-corrected chi connectivity index (χ0v) is 9.45. The summed E-state index contributed by atoms with van der Waals surface area (Å²) < 4.78 is 0. The number of carbonyl (C=O) groups is 1. The lowest BCUT2D eigenvalue weighted by Crippen LogP contribution is -1.88. The molecule has 2 heteroatoms. The van der Waals surface area contributed by atoms with E-state index in [1.54, 1.807) is 6.92 Å². The smallest absolute Gasteiger partial charge is 0.159 e. The van der Waals surface area contributed by atoms with Crippen LogP contribution in [0.1, 0.15) is 31.1 Å². The number of hydrogen-bond donors (Lipinski definition) is 0. The first-order chi connectivity index (χ1) is 6.57. The summed E-state index contributed by atoms with van der Waals surface area (Å²) in [6, 6.07) is 9.23. The predicted molar refractivity (Wildman–Crippen MR) is 63.2 cm³/mol. The molecule has 1 aromatic carbocycles. The Hall–Kier alpha value is -1.05. The van der Waals surface area contributed by atoms with E-state index in [1.807, 2.05) is 30.3 Å². The lowest BCUT2D eigenvalue weighted by atomic mass is 9.69. The predicted octanol–water partition coefficient (Wildman–Crippen LogP) is 3.46. The highest BCUT2D eigenvalue weighted by atomic mass is 16.1. The number of carbonyl (C=O) groups excluding carboxylic acids is 1. The number of rotatable bonds is 2. The van der Waals surface area contributed by atoms with E-state index in [4.69, 9.17) is 0 Å². The van der Waals surface area contributed by atoms with Gasteiger partial charge in [0.05, 0.1) is 0 Å². The molecule has 14 heavy (non-hydrogen) atoms. The van der Waals surface area contributed by atoms with Crippen molar-refractivity contribution in [2.75, 3.05) is 0 Å². The van der Waals surface area contributed by atoms with Gasteiger partial charge >= 0.3 is 0 Å². The van der Waals surface area contributed by atoms with Gasteiger partial charge in [-0.05, 0) is 6.92 Å². The Labute approximate surface area is 87.8 Å². The summed E-state index contributed by atoms with van der Waals surface area (Å²) in [7, 11) is 2.17. The molecule has 0 N–H and O–H groups in total. The molecular weight excluding hydrogens is 171 g/mol. The third kappa shape index (κ3) is 6.47. The van der Waals surface area contributed by atoms with Gasteiger partial charge in [0.1, 0.15) is 7.28 Å². The van der Waals surface area contributed by atoms with Crippen molar-refractivity contribution < 1.29 is 4.79 Å². The maximum atomic E-state index is 10.6. The minimum Gasteiger partial charge on any atom is -0.295 e. The topological polar surface area (TPSA) is 17.1 Å². The fourth-order valence-corrected chi connectivity index (χ4v) is 0.673. The molecule has 0 amide bonds. The van der Waals surface area contributed by atoms with Crippen molar-refractivity contribution in [2.45, 2.75) is 33.4 Å². The number of Topliss-reactive ketones (excluding diaryl/α,β-unsaturated/α-hetero) is 1. The van der Waals surface area contributed by atoms with Gasteiger partial charge in [-0.15, -0.1) is 0 Å².